The van der Waals surface area contributed by atoms with Crippen LogP contribution in [0.5, 0.6) is 0 Å². The average Bonchev–Trinajstić information content (AvgIpc) is 2.97. The number of carbonyl (C=O) groups excluding carboxylic acids is 1. The Morgan fingerprint density at radius 3 is 2.88 bits per heavy atom. The molecule has 0 saturated carbocycles. The van der Waals surface area contributed by atoms with Crippen LogP contribution in [0.15, 0.2) is 30.3 Å². The zero-order chi connectivity index (χ0) is 17.2. The predicted molar refractivity (Wildman–Crippen MR) is 94.4 cm³/mol. The van der Waals surface area contributed by atoms with Gasteiger partial charge in [0.15, 0.2) is 0 Å². The maximum atomic E-state index is 12.9. The Hall–Kier alpha value is -1.86. The summed E-state index contributed by atoms with van der Waals surface area (Å²) in [6, 6.07) is 9.78. The molecule has 1 aromatic carbocycles. The first kappa shape index (κ1) is 17.0. The van der Waals surface area contributed by atoms with Crippen molar-refractivity contribution in [3.05, 3.63) is 36.0 Å². The fourth-order valence-electron chi connectivity index (χ4n) is 3.32. The van der Waals surface area contributed by atoms with Gasteiger partial charge in [0, 0.05) is 30.0 Å². The second-order valence-electron chi connectivity index (χ2n) is 6.37. The number of H-pyrrole nitrogens is 1. The van der Waals surface area contributed by atoms with Gasteiger partial charge in [-0.2, -0.15) is 0 Å². The smallest absolute Gasteiger partial charge is 0.270 e. The monoisotopic (exact) mass is 349 g/mol. The van der Waals surface area contributed by atoms with Crippen LogP contribution >= 0.6 is 0 Å². The summed E-state index contributed by atoms with van der Waals surface area (Å²) in [5.41, 5.74) is 1.55. The number of sulfonamides is 1. The average molecular weight is 349 g/mol. The van der Waals surface area contributed by atoms with E-state index in [1.807, 2.05) is 35.2 Å². The molecule has 1 aliphatic rings. The molecule has 2 N–H and O–H groups in total. The van der Waals surface area contributed by atoms with Gasteiger partial charge in [0.25, 0.3) is 5.91 Å². The Kier molecular flexibility index (Phi) is 4.91. The highest BCUT2D eigenvalue weighted by atomic mass is 32.2. The quantitative estimate of drug-likeness (QED) is 0.867. The summed E-state index contributed by atoms with van der Waals surface area (Å²) >= 11 is 0. The standard InChI is InChI=1S/C17H23N3O3S/c1-24(22,23)18-10-9-14-7-4-5-11-20(14)17(21)16-12-13-6-2-3-8-15(13)19-16/h2-3,6,8,12,14,18-19H,4-5,7,9-11H2,1H3/t14-/m0/s1. The van der Waals surface area contributed by atoms with Crippen molar-refractivity contribution in [2.75, 3.05) is 19.3 Å². The minimum absolute atomic E-state index is 0.00439. The third kappa shape index (κ3) is 3.96. The van der Waals surface area contributed by atoms with Crippen LogP contribution < -0.4 is 4.72 Å². The number of hydrogen-bond acceptors (Lipinski definition) is 3. The summed E-state index contributed by atoms with van der Waals surface area (Å²) in [6.07, 6.45) is 4.76. The molecule has 1 amide bonds. The van der Waals surface area contributed by atoms with Crippen LogP contribution in [0, 0.1) is 0 Å². The van der Waals surface area contributed by atoms with E-state index in [4.69, 9.17) is 0 Å². The predicted octanol–water partition coefficient (Wildman–Crippen LogP) is 2.10. The van der Waals surface area contributed by atoms with Crippen molar-refractivity contribution in [3.63, 3.8) is 0 Å². The van der Waals surface area contributed by atoms with Crippen molar-refractivity contribution in [2.24, 2.45) is 0 Å². The molecule has 24 heavy (non-hydrogen) atoms. The highest BCUT2D eigenvalue weighted by Crippen LogP contribution is 2.23. The fourth-order valence-corrected chi connectivity index (χ4v) is 3.81. The first-order chi connectivity index (χ1) is 11.4. The number of likely N-dealkylation sites (tertiary alicyclic amines) is 1. The zero-order valence-corrected chi connectivity index (χ0v) is 14.6. The first-order valence-corrected chi connectivity index (χ1v) is 10.2. The summed E-state index contributed by atoms with van der Waals surface area (Å²) in [4.78, 5) is 18.0. The van der Waals surface area contributed by atoms with E-state index in [-0.39, 0.29) is 11.9 Å². The molecule has 130 valence electrons. The largest absolute Gasteiger partial charge is 0.351 e. The Labute approximate surface area is 142 Å². The SMILES string of the molecule is CS(=O)(=O)NCC[C@@H]1CCCCN1C(=O)c1cc2ccccc2[nH]1. The highest BCUT2D eigenvalue weighted by molar-refractivity contribution is 7.88. The molecule has 2 aromatic rings. The molecule has 0 spiro atoms. The number of carbonyl (C=O) groups is 1. The number of nitrogens with zero attached hydrogens (tertiary/aromatic N) is 1. The van der Waals surface area contributed by atoms with E-state index in [0.717, 1.165) is 43.0 Å². The lowest BCUT2D eigenvalue weighted by Crippen LogP contribution is -2.45. The third-order valence-electron chi connectivity index (χ3n) is 4.49. The molecule has 0 bridgehead atoms. The van der Waals surface area contributed by atoms with Crippen LogP contribution in [0.25, 0.3) is 10.9 Å². The maximum absolute atomic E-state index is 12.9. The van der Waals surface area contributed by atoms with Gasteiger partial charge in [0.2, 0.25) is 10.0 Å². The highest BCUT2D eigenvalue weighted by Gasteiger charge is 2.28. The Balaban J connectivity index is 1.73. The summed E-state index contributed by atoms with van der Waals surface area (Å²) in [5, 5.41) is 1.02. The molecule has 0 unspecified atom stereocenters. The van der Waals surface area contributed by atoms with Gasteiger partial charge in [-0.25, -0.2) is 13.1 Å². The van der Waals surface area contributed by atoms with E-state index in [9.17, 15) is 13.2 Å². The van der Waals surface area contributed by atoms with E-state index in [2.05, 4.69) is 9.71 Å². The van der Waals surface area contributed by atoms with Crippen molar-refractivity contribution in [2.45, 2.75) is 31.7 Å². The molecular weight excluding hydrogens is 326 g/mol. The molecule has 0 aliphatic carbocycles. The van der Waals surface area contributed by atoms with Gasteiger partial charge in [0.1, 0.15) is 5.69 Å². The fraction of sp³-hybridized carbons (Fsp3) is 0.471. The minimum atomic E-state index is -3.19. The molecular formula is C17H23N3O3S. The van der Waals surface area contributed by atoms with Gasteiger partial charge in [0.05, 0.1) is 6.26 Å². The molecule has 1 fully saturated rings. The summed E-state index contributed by atoms with van der Waals surface area (Å²) in [5.74, 6) is -0.00439. The van der Waals surface area contributed by atoms with Crippen molar-refractivity contribution in [1.29, 1.82) is 0 Å². The number of piperidine rings is 1. The van der Waals surface area contributed by atoms with Crippen LogP contribution in [-0.2, 0) is 10.0 Å². The number of rotatable bonds is 5. The number of hydrogen-bond donors (Lipinski definition) is 2. The number of nitrogens with one attached hydrogen (secondary N) is 2. The zero-order valence-electron chi connectivity index (χ0n) is 13.8. The van der Waals surface area contributed by atoms with Gasteiger partial charge < -0.3 is 9.88 Å². The lowest BCUT2D eigenvalue weighted by molar-refractivity contribution is 0.0599. The topological polar surface area (TPSA) is 82.3 Å². The van der Waals surface area contributed by atoms with Crippen molar-refractivity contribution in [1.82, 2.24) is 14.6 Å². The van der Waals surface area contributed by atoms with E-state index < -0.39 is 10.0 Å². The summed E-state index contributed by atoms with van der Waals surface area (Å²) in [7, 11) is -3.19. The first-order valence-electron chi connectivity index (χ1n) is 8.27. The van der Waals surface area contributed by atoms with Gasteiger partial charge in [-0.05, 0) is 37.8 Å². The van der Waals surface area contributed by atoms with Crippen LogP contribution in [-0.4, -0.2) is 49.6 Å². The van der Waals surface area contributed by atoms with Crippen molar-refractivity contribution in [3.8, 4) is 0 Å². The molecule has 1 aliphatic heterocycles. The summed E-state index contributed by atoms with van der Waals surface area (Å²) in [6.45, 7) is 1.08. The molecule has 7 heteroatoms. The van der Waals surface area contributed by atoms with Gasteiger partial charge in [-0.3, -0.25) is 4.79 Å². The lowest BCUT2D eigenvalue weighted by Gasteiger charge is -2.35. The van der Waals surface area contributed by atoms with E-state index in [0.29, 0.717) is 18.7 Å². The van der Waals surface area contributed by atoms with Crippen LogP contribution in [0.2, 0.25) is 0 Å². The van der Waals surface area contributed by atoms with Gasteiger partial charge >= 0.3 is 0 Å². The van der Waals surface area contributed by atoms with Crippen LogP contribution in [0.3, 0.4) is 0 Å². The van der Waals surface area contributed by atoms with E-state index >= 15 is 0 Å². The molecule has 1 aromatic heterocycles. The second-order valence-corrected chi connectivity index (χ2v) is 8.21. The second kappa shape index (κ2) is 6.94. The van der Waals surface area contributed by atoms with Gasteiger partial charge in [-0.1, -0.05) is 18.2 Å². The molecule has 1 atom stereocenters. The van der Waals surface area contributed by atoms with Crippen molar-refractivity contribution < 1.29 is 13.2 Å². The Morgan fingerprint density at radius 1 is 1.33 bits per heavy atom. The van der Waals surface area contributed by atoms with E-state index in [1.165, 1.54) is 0 Å². The van der Waals surface area contributed by atoms with Crippen LogP contribution in [0.1, 0.15) is 36.2 Å². The number of fused-ring (bicyclic) bond motifs is 1. The molecule has 2 heterocycles. The van der Waals surface area contributed by atoms with Gasteiger partial charge in [-0.15, -0.1) is 0 Å². The molecule has 0 radical (unpaired) electrons. The molecule has 6 nitrogen and oxygen atoms in total. The normalized spacial score (nSPS) is 18.9. The molecule has 1 saturated heterocycles. The number of para-hydroxylation sites is 1. The Bertz CT molecular complexity index is 795. The number of amides is 1. The summed E-state index contributed by atoms with van der Waals surface area (Å²) < 4.78 is 24.9. The van der Waals surface area contributed by atoms with Crippen molar-refractivity contribution >= 4 is 26.8 Å². The third-order valence-corrected chi connectivity index (χ3v) is 5.22. The minimum Gasteiger partial charge on any atom is -0.351 e. The lowest BCUT2D eigenvalue weighted by atomic mass is 9.99. The van der Waals surface area contributed by atoms with E-state index in [1.54, 1.807) is 0 Å². The number of benzene rings is 1. The number of aromatic amines is 1. The van der Waals surface area contributed by atoms with Crippen LogP contribution in [0.4, 0.5) is 0 Å². The maximum Gasteiger partial charge on any atom is 0.270 e. The Morgan fingerprint density at radius 2 is 2.12 bits per heavy atom. The number of aromatic nitrogens is 1. The molecule has 3 rings (SSSR count).